The number of anilines is 1. The first-order valence-electron chi connectivity index (χ1n) is 6.53. The largest absolute Gasteiger partial charge is 0.461 e. The van der Waals surface area contributed by atoms with Gasteiger partial charge in [-0.2, -0.15) is 4.98 Å². The highest BCUT2D eigenvalue weighted by atomic mass is 16.5. The van der Waals surface area contributed by atoms with Crippen LogP contribution in [0.15, 0.2) is 51.6 Å². The number of aromatic nitrogens is 2. The molecule has 7 nitrogen and oxygen atoms in total. The standard InChI is InChI=1S/C15H13N3O4/c1-20-9-13(19)16-11-6-3-2-5-10(11)15-17-14(18-22-15)12-7-4-8-21-12/h2-8H,9H2,1H3,(H,16,19). The van der Waals surface area contributed by atoms with Crippen LogP contribution in [0.1, 0.15) is 0 Å². The highest BCUT2D eigenvalue weighted by Crippen LogP contribution is 2.28. The molecule has 1 amide bonds. The molecule has 3 rings (SSSR count). The number of ether oxygens (including phenoxy) is 1. The lowest BCUT2D eigenvalue weighted by Gasteiger charge is -2.07. The molecule has 0 saturated carbocycles. The molecule has 0 unspecified atom stereocenters. The van der Waals surface area contributed by atoms with Gasteiger partial charge in [-0.05, 0) is 24.3 Å². The number of carbonyl (C=O) groups is 1. The summed E-state index contributed by atoms with van der Waals surface area (Å²) in [6.07, 6.45) is 1.53. The van der Waals surface area contributed by atoms with Crippen molar-refractivity contribution >= 4 is 11.6 Å². The summed E-state index contributed by atoms with van der Waals surface area (Å²) >= 11 is 0. The van der Waals surface area contributed by atoms with Gasteiger partial charge in [-0.3, -0.25) is 4.79 Å². The zero-order valence-electron chi connectivity index (χ0n) is 11.8. The number of furan rings is 1. The maximum atomic E-state index is 11.7. The zero-order chi connectivity index (χ0) is 15.4. The number of benzene rings is 1. The Hall–Kier alpha value is -2.93. The van der Waals surface area contributed by atoms with Gasteiger partial charge in [-0.15, -0.1) is 0 Å². The Labute approximate surface area is 125 Å². The third-order valence-electron chi connectivity index (χ3n) is 2.87. The molecule has 0 radical (unpaired) electrons. The number of para-hydroxylation sites is 1. The van der Waals surface area contributed by atoms with Crippen LogP contribution in [0.3, 0.4) is 0 Å². The highest BCUT2D eigenvalue weighted by molar-refractivity contribution is 5.95. The van der Waals surface area contributed by atoms with Gasteiger partial charge in [0.2, 0.25) is 11.7 Å². The summed E-state index contributed by atoms with van der Waals surface area (Å²) in [4.78, 5) is 16.0. The van der Waals surface area contributed by atoms with Crippen LogP contribution in [-0.2, 0) is 9.53 Å². The van der Waals surface area contributed by atoms with E-state index in [1.165, 1.54) is 13.4 Å². The number of nitrogens with one attached hydrogen (secondary N) is 1. The first-order chi connectivity index (χ1) is 10.8. The number of amides is 1. The second-order valence-electron chi connectivity index (χ2n) is 4.43. The minimum Gasteiger partial charge on any atom is -0.461 e. The lowest BCUT2D eigenvalue weighted by molar-refractivity contribution is -0.119. The van der Waals surface area contributed by atoms with Gasteiger partial charge in [0.1, 0.15) is 6.61 Å². The summed E-state index contributed by atoms with van der Waals surface area (Å²) in [6, 6.07) is 10.6. The van der Waals surface area contributed by atoms with E-state index < -0.39 is 0 Å². The van der Waals surface area contributed by atoms with Crippen molar-refractivity contribution in [2.24, 2.45) is 0 Å². The van der Waals surface area contributed by atoms with Crippen molar-refractivity contribution in [2.75, 3.05) is 19.0 Å². The minimum atomic E-state index is -0.263. The van der Waals surface area contributed by atoms with Crippen LogP contribution in [0.2, 0.25) is 0 Å². The average molecular weight is 299 g/mol. The van der Waals surface area contributed by atoms with Gasteiger partial charge in [-0.1, -0.05) is 17.3 Å². The van der Waals surface area contributed by atoms with Gasteiger partial charge in [0, 0.05) is 7.11 Å². The molecular formula is C15H13N3O4. The Kier molecular flexibility index (Phi) is 3.97. The number of hydrogen-bond donors (Lipinski definition) is 1. The third-order valence-corrected chi connectivity index (χ3v) is 2.87. The summed E-state index contributed by atoms with van der Waals surface area (Å²) in [5.41, 5.74) is 1.19. The van der Waals surface area contributed by atoms with Crippen LogP contribution in [0.4, 0.5) is 5.69 Å². The van der Waals surface area contributed by atoms with E-state index in [2.05, 4.69) is 15.5 Å². The van der Waals surface area contributed by atoms with Crippen LogP contribution in [-0.4, -0.2) is 29.8 Å². The number of carbonyl (C=O) groups excluding carboxylic acids is 1. The van der Waals surface area contributed by atoms with E-state index in [1.54, 1.807) is 30.3 Å². The van der Waals surface area contributed by atoms with E-state index in [-0.39, 0.29) is 12.5 Å². The van der Waals surface area contributed by atoms with Crippen LogP contribution >= 0.6 is 0 Å². The third kappa shape index (κ3) is 2.89. The Morgan fingerprint density at radius 2 is 2.14 bits per heavy atom. The fourth-order valence-corrected chi connectivity index (χ4v) is 1.93. The smallest absolute Gasteiger partial charge is 0.260 e. The Morgan fingerprint density at radius 3 is 2.91 bits per heavy atom. The first kappa shape index (κ1) is 14.0. The Morgan fingerprint density at radius 1 is 1.27 bits per heavy atom. The quantitative estimate of drug-likeness (QED) is 0.778. The van der Waals surface area contributed by atoms with Crippen molar-refractivity contribution in [2.45, 2.75) is 0 Å². The lowest BCUT2D eigenvalue weighted by atomic mass is 10.1. The molecule has 2 heterocycles. The molecule has 0 aliphatic rings. The maximum absolute atomic E-state index is 11.7. The van der Waals surface area contributed by atoms with Gasteiger partial charge in [0.15, 0.2) is 5.76 Å². The summed E-state index contributed by atoms with van der Waals surface area (Å²) in [5, 5.41) is 6.61. The molecular weight excluding hydrogens is 286 g/mol. The molecule has 22 heavy (non-hydrogen) atoms. The van der Waals surface area contributed by atoms with Gasteiger partial charge in [0.05, 0.1) is 17.5 Å². The average Bonchev–Trinajstić information content (AvgIpc) is 3.19. The van der Waals surface area contributed by atoms with E-state index in [4.69, 9.17) is 13.7 Å². The molecule has 1 aromatic carbocycles. The summed E-state index contributed by atoms with van der Waals surface area (Å²) in [7, 11) is 1.46. The molecule has 0 spiro atoms. The lowest BCUT2D eigenvalue weighted by Crippen LogP contribution is -2.17. The normalized spacial score (nSPS) is 10.6. The van der Waals surface area contributed by atoms with Crippen molar-refractivity contribution in [1.82, 2.24) is 10.1 Å². The SMILES string of the molecule is COCC(=O)Nc1ccccc1-c1nc(-c2ccco2)no1. The molecule has 0 bridgehead atoms. The number of nitrogens with zero attached hydrogens (tertiary/aromatic N) is 2. The maximum Gasteiger partial charge on any atom is 0.260 e. The Balaban J connectivity index is 1.90. The topological polar surface area (TPSA) is 90.4 Å². The van der Waals surface area contributed by atoms with Crippen LogP contribution in [0.25, 0.3) is 23.0 Å². The van der Waals surface area contributed by atoms with Crippen molar-refractivity contribution in [3.8, 4) is 23.0 Å². The molecule has 3 aromatic rings. The molecule has 0 fully saturated rings. The fraction of sp³-hybridized carbons (Fsp3) is 0.133. The van der Waals surface area contributed by atoms with E-state index in [9.17, 15) is 4.79 Å². The van der Waals surface area contributed by atoms with Gasteiger partial charge in [0.25, 0.3) is 5.89 Å². The van der Waals surface area contributed by atoms with Crippen LogP contribution in [0.5, 0.6) is 0 Å². The molecule has 0 atom stereocenters. The summed E-state index contributed by atoms with van der Waals surface area (Å²) in [5.74, 6) is 0.884. The predicted molar refractivity (Wildman–Crippen MR) is 77.9 cm³/mol. The molecule has 1 N–H and O–H groups in total. The second-order valence-corrected chi connectivity index (χ2v) is 4.43. The van der Waals surface area contributed by atoms with E-state index >= 15 is 0 Å². The van der Waals surface area contributed by atoms with Gasteiger partial charge >= 0.3 is 0 Å². The van der Waals surface area contributed by atoms with E-state index in [0.717, 1.165) is 0 Å². The molecule has 0 saturated heterocycles. The minimum absolute atomic E-state index is 0.0319. The number of hydrogen-bond acceptors (Lipinski definition) is 6. The number of methoxy groups -OCH3 is 1. The Bertz CT molecular complexity index is 765. The van der Waals surface area contributed by atoms with Gasteiger partial charge < -0.3 is 19.0 Å². The van der Waals surface area contributed by atoms with Crippen molar-refractivity contribution in [3.63, 3.8) is 0 Å². The fourth-order valence-electron chi connectivity index (χ4n) is 1.93. The first-order valence-corrected chi connectivity index (χ1v) is 6.53. The number of rotatable bonds is 5. The van der Waals surface area contributed by atoms with Crippen molar-refractivity contribution in [1.29, 1.82) is 0 Å². The predicted octanol–water partition coefficient (Wildman–Crippen LogP) is 2.58. The molecule has 0 aliphatic heterocycles. The highest BCUT2D eigenvalue weighted by Gasteiger charge is 2.16. The molecule has 7 heteroatoms. The monoisotopic (exact) mass is 299 g/mol. The van der Waals surface area contributed by atoms with Gasteiger partial charge in [-0.25, -0.2) is 0 Å². The van der Waals surface area contributed by atoms with E-state index in [1.807, 2.05) is 6.07 Å². The second kappa shape index (κ2) is 6.23. The molecule has 2 aromatic heterocycles. The van der Waals surface area contributed by atoms with Crippen LogP contribution < -0.4 is 5.32 Å². The van der Waals surface area contributed by atoms with Crippen molar-refractivity contribution < 1.29 is 18.5 Å². The zero-order valence-corrected chi connectivity index (χ0v) is 11.8. The van der Waals surface area contributed by atoms with E-state index in [0.29, 0.717) is 28.7 Å². The molecule has 112 valence electrons. The van der Waals surface area contributed by atoms with Crippen LogP contribution in [0, 0.1) is 0 Å². The summed E-state index contributed by atoms with van der Waals surface area (Å²) in [6.45, 7) is -0.0319. The molecule has 0 aliphatic carbocycles. The van der Waals surface area contributed by atoms with Crippen molar-refractivity contribution in [3.05, 3.63) is 42.7 Å². The summed E-state index contributed by atoms with van der Waals surface area (Å²) < 4.78 is 15.3.